The number of ether oxygens (including phenoxy) is 1. The van der Waals surface area contributed by atoms with Crippen LogP contribution in [0.5, 0.6) is 0 Å². The van der Waals surface area contributed by atoms with Crippen molar-refractivity contribution in [2.24, 2.45) is 5.41 Å². The molecule has 0 spiro atoms. The third-order valence-electron chi connectivity index (χ3n) is 3.04. The molecule has 8 heteroatoms. The molecule has 0 unspecified atom stereocenters. The summed E-state index contributed by atoms with van der Waals surface area (Å²) in [7, 11) is 1.70. The van der Waals surface area contributed by atoms with Crippen molar-refractivity contribution in [3.05, 3.63) is 24.0 Å². The molecule has 0 radical (unpaired) electrons. The standard InChI is InChI=1S/C13H19ClN6O/c1-13(2,4-7-21-3)8-16-11-17-10(14)18-12(19-11)20-6-5-15-9-20/h5-6,9H,4,7-8H2,1-3H3,(H,16,17,18,19). The highest BCUT2D eigenvalue weighted by Gasteiger charge is 2.18. The second-order valence-corrected chi connectivity index (χ2v) is 5.80. The summed E-state index contributed by atoms with van der Waals surface area (Å²) in [5.41, 5.74) is 0.0598. The fourth-order valence-corrected chi connectivity index (χ4v) is 1.85. The fraction of sp³-hybridized carbons (Fsp3) is 0.538. The molecule has 0 aliphatic carbocycles. The van der Waals surface area contributed by atoms with Gasteiger partial charge >= 0.3 is 0 Å². The van der Waals surface area contributed by atoms with E-state index in [-0.39, 0.29) is 10.7 Å². The average Bonchev–Trinajstić information content (AvgIpc) is 2.97. The van der Waals surface area contributed by atoms with Gasteiger partial charge in [0, 0.05) is 32.7 Å². The van der Waals surface area contributed by atoms with Gasteiger partial charge in [-0.3, -0.25) is 4.57 Å². The summed E-state index contributed by atoms with van der Waals surface area (Å²) in [5.74, 6) is 0.883. The van der Waals surface area contributed by atoms with E-state index in [1.54, 1.807) is 30.4 Å². The smallest absolute Gasteiger partial charge is 0.241 e. The lowest BCUT2D eigenvalue weighted by molar-refractivity contribution is 0.157. The molecule has 0 aliphatic rings. The van der Waals surface area contributed by atoms with E-state index in [2.05, 4.69) is 39.1 Å². The summed E-state index contributed by atoms with van der Waals surface area (Å²) in [4.78, 5) is 16.5. The summed E-state index contributed by atoms with van der Waals surface area (Å²) >= 11 is 5.94. The van der Waals surface area contributed by atoms with Crippen LogP contribution in [-0.4, -0.2) is 44.8 Å². The number of imidazole rings is 1. The van der Waals surface area contributed by atoms with Crippen LogP contribution >= 0.6 is 11.6 Å². The number of hydrogen-bond donors (Lipinski definition) is 1. The summed E-state index contributed by atoms with van der Waals surface area (Å²) in [6.45, 7) is 5.73. The van der Waals surface area contributed by atoms with Gasteiger partial charge in [-0.05, 0) is 23.4 Å². The van der Waals surface area contributed by atoms with Gasteiger partial charge < -0.3 is 10.1 Å². The van der Waals surface area contributed by atoms with Crippen molar-refractivity contribution < 1.29 is 4.74 Å². The molecular formula is C13H19ClN6O. The molecule has 2 rings (SSSR count). The Kier molecular flexibility index (Phi) is 5.08. The topological polar surface area (TPSA) is 77.8 Å². The van der Waals surface area contributed by atoms with E-state index < -0.39 is 0 Å². The number of halogens is 1. The number of hydrogen-bond acceptors (Lipinski definition) is 6. The number of nitrogens with zero attached hydrogens (tertiary/aromatic N) is 5. The summed E-state index contributed by atoms with van der Waals surface area (Å²) in [6, 6.07) is 0. The van der Waals surface area contributed by atoms with E-state index in [1.807, 2.05) is 0 Å². The molecule has 0 saturated heterocycles. The molecule has 0 bridgehead atoms. The maximum atomic E-state index is 5.94. The van der Waals surface area contributed by atoms with Crippen LogP contribution in [0.1, 0.15) is 20.3 Å². The molecule has 1 N–H and O–H groups in total. The zero-order valence-corrected chi connectivity index (χ0v) is 13.1. The van der Waals surface area contributed by atoms with E-state index in [0.29, 0.717) is 25.0 Å². The third kappa shape index (κ3) is 4.64. The van der Waals surface area contributed by atoms with Gasteiger partial charge in [-0.15, -0.1) is 0 Å². The Bertz CT molecular complexity index is 572. The molecule has 0 aromatic carbocycles. The van der Waals surface area contributed by atoms with Gasteiger partial charge in [0.05, 0.1) is 0 Å². The lowest BCUT2D eigenvalue weighted by Gasteiger charge is -2.24. The number of anilines is 1. The van der Waals surface area contributed by atoms with E-state index in [9.17, 15) is 0 Å². The average molecular weight is 311 g/mol. The minimum absolute atomic E-state index is 0.0598. The van der Waals surface area contributed by atoms with Crippen molar-refractivity contribution in [2.75, 3.05) is 25.6 Å². The monoisotopic (exact) mass is 310 g/mol. The highest BCUT2D eigenvalue weighted by Crippen LogP contribution is 2.20. The van der Waals surface area contributed by atoms with Gasteiger partial charge in [0.1, 0.15) is 6.33 Å². The van der Waals surface area contributed by atoms with Crippen molar-refractivity contribution in [1.29, 1.82) is 0 Å². The molecule has 0 saturated carbocycles. The van der Waals surface area contributed by atoms with Gasteiger partial charge in [0.15, 0.2) is 0 Å². The van der Waals surface area contributed by atoms with E-state index in [1.165, 1.54) is 0 Å². The van der Waals surface area contributed by atoms with Gasteiger partial charge in [0.25, 0.3) is 0 Å². The largest absolute Gasteiger partial charge is 0.385 e. The Hall–Kier alpha value is -1.73. The van der Waals surface area contributed by atoms with E-state index in [4.69, 9.17) is 16.3 Å². The van der Waals surface area contributed by atoms with Crippen LogP contribution in [0.25, 0.3) is 5.95 Å². The summed E-state index contributed by atoms with van der Waals surface area (Å²) < 4.78 is 6.79. The molecule has 2 aromatic rings. The minimum atomic E-state index is 0.0598. The maximum absolute atomic E-state index is 5.94. The molecular weight excluding hydrogens is 292 g/mol. The third-order valence-corrected chi connectivity index (χ3v) is 3.21. The Morgan fingerprint density at radius 3 is 2.81 bits per heavy atom. The number of methoxy groups -OCH3 is 1. The van der Waals surface area contributed by atoms with Crippen molar-refractivity contribution in [2.45, 2.75) is 20.3 Å². The van der Waals surface area contributed by atoms with Crippen LogP contribution in [0.3, 0.4) is 0 Å². The maximum Gasteiger partial charge on any atom is 0.241 e. The number of rotatable bonds is 7. The van der Waals surface area contributed by atoms with Crippen LogP contribution in [-0.2, 0) is 4.74 Å². The minimum Gasteiger partial charge on any atom is -0.385 e. The molecule has 0 aliphatic heterocycles. The highest BCUT2D eigenvalue weighted by atomic mass is 35.5. The first-order valence-electron chi connectivity index (χ1n) is 6.63. The second-order valence-electron chi connectivity index (χ2n) is 5.46. The van der Waals surface area contributed by atoms with Crippen LogP contribution in [0.4, 0.5) is 5.95 Å². The number of aromatic nitrogens is 5. The Labute approximate surface area is 128 Å². The highest BCUT2D eigenvalue weighted by molar-refractivity contribution is 6.28. The predicted molar refractivity (Wildman–Crippen MR) is 80.7 cm³/mol. The fourth-order valence-electron chi connectivity index (χ4n) is 1.70. The van der Waals surface area contributed by atoms with E-state index >= 15 is 0 Å². The number of nitrogens with one attached hydrogen (secondary N) is 1. The lowest BCUT2D eigenvalue weighted by Crippen LogP contribution is -2.25. The first-order chi connectivity index (χ1) is 10.00. The predicted octanol–water partition coefficient (Wildman–Crippen LogP) is 2.19. The molecule has 114 valence electrons. The summed E-state index contributed by atoms with van der Waals surface area (Å²) in [5, 5.41) is 3.35. The van der Waals surface area contributed by atoms with Crippen molar-refractivity contribution in [3.63, 3.8) is 0 Å². The quantitative estimate of drug-likeness (QED) is 0.844. The molecule has 21 heavy (non-hydrogen) atoms. The molecule has 7 nitrogen and oxygen atoms in total. The molecule has 2 aromatic heterocycles. The molecule has 2 heterocycles. The zero-order valence-electron chi connectivity index (χ0n) is 12.4. The van der Waals surface area contributed by atoms with Crippen LogP contribution in [0, 0.1) is 5.41 Å². The van der Waals surface area contributed by atoms with Crippen LogP contribution in [0.15, 0.2) is 18.7 Å². The van der Waals surface area contributed by atoms with Gasteiger partial charge in [0.2, 0.25) is 17.2 Å². The Balaban J connectivity index is 2.07. The second kappa shape index (κ2) is 6.82. The molecule has 0 amide bonds. The zero-order chi connectivity index (χ0) is 15.3. The Morgan fingerprint density at radius 2 is 2.14 bits per heavy atom. The molecule has 0 fully saturated rings. The van der Waals surface area contributed by atoms with Gasteiger partial charge in [-0.2, -0.15) is 15.0 Å². The summed E-state index contributed by atoms with van der Waals surface area (Å²) in [6.07, 6.45) is 5.94. The van der Waals surface area contributed by atoms with E-state index in [0.717, 1.165) is 6.42 Å². The Morgan fingerprint density at radius 1 is 1.33 bits per heavy atom. The van der Waals surface area contributed by atoms with Crippen LogP contribution in [0.2, 0.25) is 5.28 Å². The van der Waals surface area contributed by atoms with Crippen molar-refractivity contribution in [1.82, 2.24) is 24.5 Å². The van der Waals surface area contributed by atoms with Gasteiger partial charge in [-0.1, -0.05) is 13.8 Å². The molecule has 0 atom stereocenters. The SMILES string of the molecule is COCCC(C)(C)CNc1nc(Cl)nc(-n2ccnc2)n1. The van der Waals surface area contributed by atoms with Crippen LogP contribution < -0.4 is 5.32 Å². The lowest BCUT2D eigenvalue weighted by atomic mass is 9.90. The van der Waals surface area contributed by atoms with Crippen molar-refractivity contribution in [3.8, 4) is 5.95 Å². The normalized spacial score (nSPS) is 11.6. The van der Waals surface area contributed by atoms with Crippen molar-refractivity contribution >= 4 is 17.5 Å². The first kappa shape index (κ1) is 15.7. The van der Waals surface area contributed by atoms with Gasteiger partial charge in [-0.25, -0.2) is 4.98 Å². The first-order valence-corrected chi connectivity index (χ1v) is 7.01.